The fourth-order valence-corrected chi connectivity index (χ4v) is 1.72. The monoisotopic (exact) mass is 285 g/mol. The van der Waals surface area contributed by atoms with E-state index in [0.29, 0.717) is 5.69 Å². The van der Waals surface area contributed by atoms with Gasteiger partial charge in [0.1, 0.15) is 11.4 Å². The second kappa shape index (κ2) is 6.04. The zero-order valence-electron chi connectivity index (χ0n) is 11.7. The highest BCUT2D eigenvalue weighted by molar-refractivity contribution is 6.03. The first-order chi connectivity index (χ1) is 9.97. The number of carbonyl (C=O) groups is 2. The number of pyridine rings is 1. The minimum Gasteiger partial charge on any atom is -0.477 e. The molecule has 6 nitrogen and oxygen atoms in total. The maximum Gasteiger partial charge on any atom is 0.354 e. The molecular formula is C15H15N3O3. The summed E-state index contributed by atoms with van der Waals surface area (Å²) >= 11 is 0. The van der Waals surface area contributed by atoms with E-state index in [2.05, 4.69) is 10.3 Å². The normalized spacial score (nSPS) is 10.0. The van der Waals surface area contributed by atoms with Crippen molar-refractivity contribution in [3.63, 3.8) is 0 Å². The number of carboxylic acids is 1. The van der Waals surface area contributed by atoms with Crippen molar-refractivity contribution in [1.29, 1.82) is 0 Å². The van der Waals surface area contributed by atoms with Crippen LogP contribution in [0.5, 0.6) is 0 Å². The van der Waals surface area contributed by atoms with Gasteiger partial charge in [-0.1, -0.05) is 6.07 Å². The van der Waals surface area contributed by atoms with E-state index in [9.17, 15) is 9.59 Å². The van der Waals surface area contributed by atoms with Gasteiger partial charge in [-0.15, -0.1) is 0 Å². The van der Waals surface area contributed by atoms with Gasteiger partial charge in [0, 0.05) is 25.5 Å². The van der Waals surface area contributed by atoms with Crippen LogP contribution >= 0.6 is 0 Å². The molecule has 1 heterocycles. The lowest BCUT2D eigenvalue weighted by atomic mass is 10.2. The predicted molar refractivity (Wildman–Crippen MR) is 79.9 cm³/mol. The van der Waals surface area contributed by atoms with Crippen molar-refractivity contribution in [3.8, 4) is 0 Å². The Morgan fingerprint density at radius 3 is 2.24 bits per heavy atom. The Labute approximate surface area is 122 Å². The Bertz CT molecular complexity index is 666. The van der Waals surface area contributed by atoms with Crippen LogP contribution in [0.4, 0.5) is 11.4 Å². The molecule has 1 aromatic carbocycles. The first kappa shape index (κ1) is 14.5. The summed E-state index contributed by atoms with van der Waals surface area (Å²) < 4.78 is 0. The maximum absolute atomic E-state index is 12.0. The molecule has 0 unspecified atom stereocenters. The molecule has 0 aliphatic heterocycles. The second-order valence-corrected chi connectivity index (χ2v) is 4.61. The van der Waals surface area contributed by atoms with Crippen molar-refractivity contribution in [1.82, 2.24) is 4.98 Å². The molecular weight excluding hydrogens is 270 g/mol. The Morgan fingerprint density at radius 1 is 1.05 bits per heavy atom. The molecule has 0 radical (unpaired) electrons. The molecule has 6 heteroatoms. The third-order valence-corrected chi connectivity index (χ3v) is 2.84. The average Bonchev–Trinajstić information content (AvgIpc) is 2.48. The van der Waals surface area contributed by atoms with Crippen LogP contribution in [0.3, 0.4) is 0 Å². The molecule has 1 amide bonds. The lowest BCUT2D eigenvalue weighted by Gasteiger charge is -2.13. The Morgan fingerprint density at radius 2 is 1.67 bits per heavy atom. The summed E-state index contributed by atoms with van der Waals surface area (Å²) in [6, 6.07) is 11.6. The van der Waals surface area contributed by atoms with Gasteiger partial charge in [-0.3, -0.25) is 4.79 Å². The van der Waals surface area contributed by atoms with E-state index in [-0.39, 0.29) is 11.4 Å². The number of nitrogens with one attached hydrogen (secondary N) is 1. The summed E-state index contributed by atoms with van der Waals surface area (Å²) in [6.07, 6.45) is 0. The zero-order valence-corrected chi connectivity index (χ0v) is 11.7. The van der Waals surface area contributed by atoms with Crippen LogP contribution in [0, 0.1) is 0 Å². The van der Waals surface area contributed by atoms with Gasteiger partial charge >= 0.3 is 5.97 Å². The third kappa shape index (κ3) is 3.56. The van der Waals surface area contributed by atoms with E-state index in [1.807, 2.05) is 31.1 Å². The van der Waals surface area contributed by atoms with Crippen LogP contribution in [0.15, 0.2) is 42.5 Å². The van der Waals surface area contributed by atoms with Gasteiger partial charge in [0.05, 0.1) is 0 Å². The van der Waals surface area contributed by atoms with Gasteiger partial charge < -0.3 is 15.3 Å². The van der Waals surface area contributed by atoms with E-state index in [1.165, 1.54) is 18.2 Å². The third-order valence-electron chi connectivity index (χ3n) is 2.84. The number of carbonyl (C=O) groups excluding carboxylic acids is 1. The minimum absolute atomic E-state index is 0.0617. The molecule has 108 valence electrons. The molecule has 0 spiro atoms. The molecule has 0 saturated heterocycles. The molecule has 0 aliphatic carbocycles. The minimum atomic E-state index is -1.17. The standard InChI is InChI=1S/C15H15N3O3/c1-18(2)11-8-6-10(7-9-11)16-14(19)12-4-3-5-13(17-12)15(20)21/h3-9H,1-2H3,(H,16,19)(H,20,21). The average molecular weight is 285 g/mol. The molecule has 2 rings (SSSR count). The number of hydrogen-bond donors (Lipinski definition) is 2. The molecule has 21 heavy (non-hydrogen) atoms. The number of nitrogens with zero attached hydrogens (tertiary/aromatic N) is 2. The van der Waals surface area contributed by atoms with Crippen molar-refractivity contribution >= 4 is 23.3 Å². The maximum atomic E-state index is 12.0. The number of aromatic carboxylic acids is 1. The molecule has 0 saturated carbocycles. The lowest BCUT2D eigenvalue weighted by molar-refractivity contribution is 0.0690. The van der Waals surface area contributed by atoms with E-state index in [4.69, 9.17) is 5.11 Å². The van der Waals surface area contributed by atoms with E-state index in [1.54, 1.807) is 12.1 Å². The molecule has 1 aromatic heterocycles. The van der Waals surface area contributed by atoms with E-state index >= 15 is 0 Å². The van der Waals surface area contributed by atoms with Crippen molar-refractivity contribution < 1.29 is 14.7 Å². The number of rotatable bonds is 4. The Hall–Kier alpha value is -2.89. The summed E-state index contributed by atoms with van der Waals surface area (Å²) in [6.45, 7) is 0. The van der Waals surface area contributed by atoms with Gasteiger partial charge in [-0.05, 0) is 36.4 Å². The van der Waals surface area contributed by atoms with E-state index in [0.717, 1.165) is 5.69 Å². The molecule has 2 aromatic rings. The highest BCUT2D eigenvalue weighted by Gasteiger charge is 2.11. The van der Waals surface area contributed by atoms with Gasteiger partial charge in [0.15, 0.2) is 0 Å². The van der Waals surface area contributed by atoms with Crippen LogP contribution < -0.4 is 10.2 Å². The number of carboxylic acid groups (broad SMARTS) is 1. The highest BCUT2D eigenvalue weighted by Crippen LogP contribution is 2.16. The summed E-state index contributed by atoms with van der Waals surface area (Å²) in [7, 11) is 3.85. The number of aromatic nitrogens is 1. The SMILES string of the molecule is CN(C)c1ccc(NC(=O)c2cccc(C(=O)O)n2)cc1. The fraction of sp³-hybridized carbons (Fsp3) is 0.133. The van der Waals surface area contributed by atoms with Crippen LogP contribution in [-0.4, -0.2) is 36.1 Å². The Balaban J connectivity index is 2.14. The second-order valence-electron chi connectivity index (χ2n) is 4.61. The predicted octanol–water partition coefficient (Wildman–Crippen LogP) is 2.10. The van der Waals surface area contributed by atoms with Crippen LogP contribution in [0.2, 0.25) is 0 Å². The number of amides is 1. The van der Waals surface area contributed by atoms with Gasteiger partial charge in [-0.25, -0.2) is 9.78 Å². The van der Waals surface area contributed by atoms with Gasteiger partial charge in [0.2, 0.25) is 0 Å². The quantitative estimate of drug-likeness (QED) is 0.899. The van der Waals surface area contributed by atoms with Gasteiger partial charge in [0.25, 0.3) is 5.91 Å². The fourth-order valence-electron chi connectivity index (χ4n) is 1.72. The number of anilines is 2. The number of benzene rings is 1. The van der Waals surface area contributed by atoms with Crippen molar-refractivity contribution in [3.05, 3.63) is 53.9 Å². The van der Waals surface area contributed by atoms with Crippen molar-refractivity contribution in [2.24, 2.45) is 0 Å². The number of hydrogen-bond acceptors (Lipinski definition) is 4. The van der Waals surface area contributed by atoms with Crippen LogP contribution in [-0.2, 0) is 0 Å². The topological polar surface area (TPSA) is 82.5 Å². The van der Waals surface area contributed by atoms with Crippen LogP contribution in [0.25, 0.3) is 0 Å². The molecule has 2 N–H and O–H groups in total. The van der Waals surface area contributed by atoms with Gasteiger partial charge in [-0.2, -0.15) is 0 Å². The summed E-state index contributed by atoms with van der Waals surface area (Å²) in [5.41, 5.74) is 1.53. The smallest absolute Gasteiger partial charge is 0.354 e. The molecule has 0 fully saturated rings. The molecule has 0 aliphatic rings. The first-order valence-corrected chi connectivity index (χ1v) is 6.26. The zero-order chi connectivity index (χ0) is 15.4. The largest absolute Gasteiger partial charge is 0.477 e. The Kier molecular flexibility index (Phi) is 4.18. The lowest BCUT2D eigenvalue weighted by Crippen LogP contribution is -2.15. The van der Waals surface area contributed by atoms with E-state index < -0.39 is 11.9 Å². The van der Waals surface area contributed by atoms with Crippen molar-refractivity contribution in [2.45, 2.75) is 0 Å². The summed E-state index contributed by atoms with van der Waals surface area (Å²) in [4.78, 5) is 28.6. The van der Waals surface area contributed by atoms with Crippen LogP contribution in [0.1, 0.15) is 21.0 Å². The van der Waals surface area contributed by atoms with Crippen molar-refractivity contribution in [2.75, 3.05) is 24.3 Å². The summed E-state index contributed by atoms with van der Waals surface area (Å²) in [5.74, 6) is -1.62. The summed E-state index contributed by atoms with van der Waals surface area (Å²) in [5, 5.41) is 11.5. The molecule has 0 atom stereocenters. The molecule has 0 bridgehead atoms. The first-order valence-electron chi connectivity index (χ1n) is 6.26. The highest BCUT2D eigenvalue weighted by atomic mass is 16.4.